The van der Waals surface area contributed by atoms with Gasteiger partial charge < -0.3 is 0 Å². The maximum Gasteiger partial charge on any atom is 0.0608 e. The van der Waals surface area contributed by atoms with Gasteiger partial charge >= 0.3 is 0 Å². The Kier molecular flexibility index (Phi) is 4.14. The first-order valence-corrected chi connectivity index (χ1v) is 8.61. The molecule has 4 rings (SSSR count). The average Bonchev–Trinajstić information content (AvgIpc) is 2.93. The van der Waals surface area contributed by atoms with Gasteiger partial charge in [-0.1, -0.05) is 66.2 Å². The number of rotatable bonds is 4. The van der Waals surface area contributed by atoms with Crippen molar-refractivity contribution < 1.29 is 0 Å². The lowest BCUT2D eigenvalue weighted by Crippen LogP contribution is -2.38. The van der Waals surface area contributed by atoms with E-state index in [0.29, 0.717) is 6.04 Å². The van der Waals surface area contributed by atoms with Crippen molar-refractivity contribution in [3.8, 4) is 0 Å². The molecule has 1 aliphatic rings. The predicted octanol–water partition coefficient (Wildman–Crippen LogP) is 5.34. The number of anilines is 2. The number of nitrogens with one attached hydrogen (secondary N) is 1. The molecular formula is C21H19ClN2. The summed E-state index contributed by atoms with van der Waals surface area (Å²) in [7, 11) is 0. The smallest absolute Gasteiger partial charge is 0.0608 e. The molecule has 0 saturated carbocycles. The number of benzene rings is 3. The van der Waals surface area contributed by atoms with Crippen molar-refractivity contribution in [1.29, 1.82) is 0 Å². The molecule has 1 atom stereocenters. The van der Waals surface area contributed by atoms with E-state index in [1.807, 2.05) is 24.3 Å². The van der Waals surface area contributed by atoms with Crippen LogP contribution in [0.15, 0.2) is 78.9 Å². The van der Waals surface area contributed by atoms with Gasteiger partial charge in [0.2, 0.25) is 0 Å². The second-order valence-electron chi connectivity index (χ2n) is 6.17. The van der Waals surface area contributed by atoms with Gasteiger partial charge in [-0.05, 0) is 48.2 Å². The summed E-state index contributed by atoms with van der Waals surface area (Å²) in [5.74, 6) is 0. The molecule has 0 saturated heterocycles. The van der Waals surface area contributed by atoms with E-state index in [1.165, 1.54) is 16.8 Å². The minimum Gasteiger partial charge on any atom is -0.298 e. The van der Waals surface area contributed by atoms with Crippen LogP contribution in [0.4, 0.5) is 11.4 Å². The van der Waals surface area contributed by atoms with E-state index in [-0.39, 0.29) is 0 Å². The summed E-state index contributed by atoms with van der Waals surface area (Å²) in [5.41, 5.74) is 8.55. The van der Waals surface area contributed by atoms with E-state index < -0.39 is 0 Å². The molecule has 0 fully saturated rings. The summed E-state index contributed by atoms with van der Waals surface area (Å²) in [6.07, 6.45) is 2.04. The number of hydrazine groups is 1. The largest absolute Gasteiger partial charge is 0.298 e. The molecule has 0 aromatic heterocycles. The maximum atomic E-state index is 6.14. The highest BCUT2D eigenvalue weighted by atomic mass is 35.5. The molecule has 1 N–H and O–H groups in total. The van der Waals surface area contributed by atoms with Gasteiger partial charge in [0.25, 0.3) is 0 Å². The highest BCUT2D eigenvalue weighted by Crippen LogP contribution is 2.34. The summed E-state index contributed by atoms with van der Waals surface area (Å²) in [6, 6.07) is 27.5. The molecule has 3 heteroatoms. The predicted molar refractivity (Wildman–Crippen MR) is 102 cm³/mol. The van der Waals surface area contributed by atoms with Crippen LogP contribution in [0, 0.1) is 0 Å². The van der Waals surface area contributed by atoms with E-state index >= 15 is 0 Å². The van der Waals surface area contributed by atoms with E-state index in [4.69, 9.17) is 11.6 Å². The normalized spacial score (nSPS) is 16.0. The van der Waals surface area contributed by atoms with Crippen molar-refractivity contribution in [1.82, 2.24) is 0 Å². The van der Waals surface area contributed by atoms with Crippen LogP contribution in [0.2, 0.25) is 5.02 Å². The second kappa shape index (κ2) is 6.58. The third kappa shape index (κ3) is 3.10. The number of fused-ring (bicyclic) bond motifs is 1. The van der Waals surface area contributed by atoms with Gasteiger partial charge in [-0.25, -0.2) is 0 Å². The lowest BCUT2D eigenvalue weighted by atomic mass is 10.0. The Hall–Kier alpha value is -2.45. The van der Waals surface area contributed by atoms with Crippen molar-refractivity contribution in [2.75, 3.05) is 10.4 Å². The summed E-state index contributed by atoms with van der Waals surface area (Å²) in [5, 5.41) is 3.03. The molecule has 0 amide bonds. The van der Waals surface area contributed by atoms with Crippen LogP contribution >= 0.6 is 11.6 Å². The molecule has 0 aliphatic carbocycles. The Bertz CT molecular complexity index is 832. The van der Waals surface area contributed by atoms with Gasteiger partial charge in [0, 0.05) is 5.02 Å². The summed E-state index contributed by atoms with van der Waals surface area (Å²) >= 11 is 6.14. The molecule has 0 radical (unpaired) electrons. The molecule has 1 aliphatic heterocycles. The number of halogens is 1. The van der Waals surface area contributed by atoms with Gasteiger partial charge in [-0.15, -0.1) is 0 Å². The number of hydrogen-bond donors (Lipinski definition) is 1. The highest BCUT2D eigenvalue weighted by molar-refractivity contribution is 6.30. The Balaban J connectivity index is 1.63. The van der Waals surface area contributed by atoms with Crippen LogP contribution in [0.3, 0.4) is 0 Å². The zero-order valence-corrected chi connectivity index (χ0v) is 14.1. The number of nitrogens with zero attached hydrogens (tertiary/aromatic N) is 1. The zero-order valence-electron chi connectivity index (χ0n) is 13.3. The van der Waals surface area contributed by atoms with Crippen molar-refractivity contribution >= 4 is 23.0 Å². The van der Waals surface area contributed by atoms with E-state index in [9.17, 15) is 0 Å². The molecule has 2 nitrogen and oxygen atoms in total. The minimum atomic E-state index is 0.379. The fraction of sp³-hybridized carbons (Fsp3) is 0.143. The molecule has 1 unspecified atom stereocenters. The Morgan fingerprint density at radius 1 is 0.917 bits per heavy atom. The fourth-order valence-electron chi connectivity index (χ4n) is 3.36. The molecule has 3 aromatic rings. The van der Waals surface area contributed by atoms with Gasteiger partial charge in [0.05, 0.1) is 17.4 Å². The average molecular weight is 335 g/mol. The monoisotopic (exact) mass is 334 g/mol. The topological polar surface area (TPSA) is 15.3 Å². The van der Waals surface area contributed by atoms with Crippen molar-refractivity contribution in [3.05, 3.63) is 95.0 Å². The minimum absolute atomic E-state index is 0.379. The van der Waals surface area contributed by atoms with Gasteiger partial charge in [-0.3, -0.25) is 10.4 Å². The van der Waals surface area contributed by atoms with Crippen molar-refractivity contribution in [3.63, 3.8) is 0 Å². The quantitative estimate of drug-likeness (QED) is 0.692. The standard InChI is InChI=1S/C21H19ClN2/c22-18-10-6-11-19(15-18)23-24-20(13-16-7-2-1-3-8-16)14-17-9-4-5-12-21(17)24/h1-12,15,20,23H,13-14H2. The highest BCUT2D eigenvalue weighted by Gasteiger charge is 2.29. The SMILES string of the molecule is Clc1cccc(NN2c3ccccc3CC2Cc2ccccc2)c1. The van der Waals surface area contributed by atoms with Crippen LogP contribution < -0.4 is 10.4 Å². The summed E-state index contributed by atoms with van der Waals surface area (Å²) < 4.78 is 0. The molecule has 3 aromatic carbocycles. The molecule has 120 valence electrons. The third-order valence-corrected chi connectivity index (χ3v) is 4.70. The molecule has 1 heterocycles. The molecule has 0 spiro atoms. The first-order chi connectivity index (χ1) is 11.8. The molecular weight excluding hydrogens is 316 g/mol. The van der Waals surface area contributed by atoms with Crippen LogP contribution in [-0.4, -0.2) is 6.04 Å². The fourth-order valence-corrected chi connectivity index (χ4v) is 3.55. The van der Waals surface area contributed by atoms with Crippen molar-refractivity contribution in [2.24, 2.45) is 0 Å². The van der Waals surface area contributed by atoms with E-state index in [1.54, 1.807) is 0 Å². The number of para-hydroxylation sites is 1. The number of hydrogen-bond acceptors (Lipinski definition) is 2. The van der Waals surface area contributed by atoms with Gasteiger partial charge in [0.15, 0.2) is 0 Å². The van der Waals surface area contributed by atoms with Crippen LogP contribution in [0.1, 0.15) is 11.1 Å². The maximum absolute atomic E-state index is 6.14. The third-order valence-electron chi connectivity index (χ3n) is 4.46. The van der Waals surface area contributed by atoms with Crippen LogP contribution in [0.25, 0.3) is 0 Å². The Morgan fingerprint density at radius 3 is 2.54 bits per heavy atom. The zero-order chi connectivity index (χ0) is 16.4. The Morgan fingerprint density at radius 2 is 1.71 bits per heavy atom. The lowest BCUT2D eigenvalue weighted by Gasteiger charge is -2.29. The van der Waals surface area contributed by atoms with E-state index in [2.05, 4.69) is 65.0 Å². The lowest BCUT2D eigenvalue weighted by molar-refractivity contribution is 0.657. The molecule has 0 bridgehead atoms. The first-order valence-electron chi connectivity index (χ1n) is 8.23. The Labute approximate surface area is 147 Å². The summed E-state index contributed by atoms with van der Waals surface area (Å²) in [4.78, 5) is 0. The first kappa shape index (κ1) is 15.1. The van der Waals surface area contributed by atoms with Gasteiger partial charge in [0.1, 0.15) is 0 Å². The molecule has 24 heavy (non-hydrogen) atoms. The van der Waals surface area contributed by atoms with E-state index in [0.717, 1.165) is 23.6 Å². The van der Waals surface area contributed by atoms with Crippen LogP contribution in [0.5, 0.6) is 0 Å². The summed E-state index contributed by atoms with van der Waals surface area (Å²) in [6.45, 7) is 0. The van der Waals surface area contributed by atoms with Gasteiger partial charge in [-0.2, -0.15) is 0 Å². The van der Waals surface area contributed by atoms with Crippen molar-refractivity contribution in [2.45, 2.75) is 18.9 Å². The van der Waals surface area contributed by atoms with Crippen LogP contribution in [-0.2, 0) is 12.8 Å². The second-order valence-corrected chi connectivity index (χ2v) is 6.60.